The smallest absolute Gasteiger partial charge is 0.274 e. The van der Waals surface area contributed by atoms with Crippen molar-refractivity contribution in [3.8, 4) is 0 Å². The van der Waals surface area contributed by atoms with Crippen LogP contribution in [0.5, 0.6) is 0 Å². The number of hydrogen-bond acceptors (Lipinski definition) is 4. The van der Waals surface area contributed by atoms with Crippen molar-refractivity contribution in [2.75, 3.05) is 19.6 Å². The molecular weight excluding hydrogens is 430 g/mol. The molecule has 5 rings (SSSR count). The lowest BCUT2D eigenvalue weighted by Gasteiger charge is -2.32. The van der Waals surface area contributed by atoms with Gasteiger partial charge in [0.05, 0.1) is 5.92 Å². The highest BCUT2D eigenvalue weighted by Crippen LogP contribution is 2.27. The zero-order chi connectivity index (χ0) is 23.7. The van der Waals surface area contributed by atoms with E-state index < -0.39 is 0 Å². The molecule has 8 heteroatoms. The third kappa shape index (κ3) is 4.86. The van der Waals surface area contributed by atoms with Crippen LogP contribution in [0.1, 0.15) is 59.4 Å². The largest absolute Gasteiger partial charge is 0.353 e. The predicted octanol–water partition coefficient (Wildman–Crippen LogP) is 2.07. The van der Waals surface area contributed by atoms with Crippen molar-refractivity contribution in [3.05, 3.63) is 52.8 Å². The molecule has 2 aliphatic heterocycles. The standard InChI is InChI=1S/C26H33N5O3/c1-29-22-13-15-30(23(32)12-9-18-6-3-2-4-7-18)17-21(22)24(28-29)26(34)31-14-5-8-19(16-31)25(33)27-20-10-11-20/h2-4,6-7,19-20H,5,8-17H2,1H3,(H,27,33). The summed E-state index contributed by atoms with van der Waals surface area (Å²) in [6, 6.07) is 10.4. The summed E-state index contributed by atoms with van der Waals surface area (Å²) in [6.45, 7) is 2.12. The number of rotatable bonds is 6. The third-order valence-corrected chi connectivity index (χ3v) is 7.27. The minimum atomic E-state index is -0.158. The number of hydrogen-bond donors (Lipinski definition) is 1. The molecule has 1 aliphatic carbocycles. The first kappa shape index (κ1) is 22.6. The Bertz CT molecular complexity index is 1080. The van der Waals surface area contributed by atoms with Crippen LogP contribution in [-0.2, 0) is 36.0 Å². The SMILES string of the molecule is Cn1nc(C(=O)N2CCCC(C(=O)NC3CC3)C2)c2c1CCN(C(=O)CCc1ccccc1)C2. The fourth-order valence-corrected chi connectivity index (χ4v) is 5.10. The monoisotopic (exact) mass is 463 g/mol. The van der Waals surface area contributed by atoms with Gasteiger partial charge in [0.2, 0.25) is 11.8 Å². The summed E-state index contributed by atoms with van der Waals surface area (Å²) in [7, 11) is 1.87. The lowest BCUT2D eigenvalue weighted by molar-refractivity contribution is -0.132. The zero-order valence-electron chi connectivity index (χ0n) is 19.8. The van der Waals surface area contributed by atoms with Gasteiger partial charge in [-0.15, -0.1) is 0 Å². The molecular formula is C26H33N5O3. The number of nitrogens with one attached hydrogen (secondary N) is 1. The van der Waals surface area contributed by atoms with Gasteiger partial charge in [-0.2, -0.15) is 5.10 Å². The van der Waals surface area contributed by atoms with Gasteiger partial charge in [-0.25, -0.2) is 0 Å². The fraction of sp³-hybridized carbons (Fsp3) is 0.538. The van der Waals surface area contributed by atoms with E-state index in [2.05, 4.69) is 10.4 Å². The van der Waals surface area contributed by atoms with Crippen molar-refractivity contribution in [2.24, 2.45) is 13.0 Å². The molecule has 1 atom stereocenters. The number of benzene rings is 1. The van der Waals surface area contributed by atoms with Gasteiger partial charge in [-0.1, -0.05) is 30.3 Å². The first-order valence-corrected chi connectivity index (χ1v) is 12.5. The summed E-state index contributed by atoms with van der Waals surface area (Å²) in [6.07, 6.45) is 5.59. The van der Waals surface area contributed by atoms with Gasteiger partial charge in [-0.05, 0) is 37.7 Å². The fourth-order valence-electron chi connectivity index (χ4n) is 5.10. The molecule has 0 radical (unpaired) electrons. The van der Waals surface area contributed by atoms with Crippen LogP contribution in [0.2, 0.25) is 0 Å². The molecule has 1 aromatic carbocycles. The van der Waals surface area contributed by atoms with Crippen LogP contribution in [0.3, 0.4) is 0 Å². The second kappa shape index (κ2) is 9.60. The Balaban J connectivity index is 1.25. The van der Waals surface area contributed by atoms with E-state index in [0.29, 0.717) is 57.2 Å². The minimum absolute atomic E-state index is 0.0678. The lowest BCUT2D eigenvalue weighted by Crippen LogP contribution is -2.46. The number of carbonyl (C=O) groups excluding carboxylic acids is 3. The summed E-state index contributed by atoms with van der Waals surface area (Å²) in [4.78, 5) is 42.6. The van der Waals surface area contributed by atoms with Gasteiger partial charge in [-0.3, -0.25) is 19.1 Å². The van der Waals surface area contributed by atoms with Crippen molar-refractivity contribution in [1.29, 1.82) is 0 Å². The molecule has 1 saturated heterocycles. The zero-order valence-corrected chi connectivity index (χ0v) is 19.8. The number of fused-ring (bicyclic) bond motifs is 1. The summed E-state index contributed by atoms with van der Waals surface area (Å²) in [5, 5.41) is 7.65. The number of likely N-dealkylation sites (tertiary alicyclic amines) is 1. The number of aryl methyl sites for hydroxylation is 2. The second-order valence-electron chi connectivity index (χ2n) is 9.82. The van der Waals surface area contributed by atoms with Crippen LogP contribution in [0.25, 0.3) is 0 Å². The molecule has 180 valence electrons. The van der Waals surface area contributed by atoms with Crippen LogP contribution in [0.15, 0.2) is 30.3 Å². The van der Waals surface area contributed by atoms with Crippen molar-refractivity contribution >= 4 is 17.7 Å². The Kier molecular flexibility index (Phi) is 6.39. The van der Waals surface area contributed by atoms with E-state index in [1.54, 1.807) is 9.58 Å². The molecule has 1 aromatic heterocycles. The van der Waals surface area contributed by atoms with Gasteiger partial charge in [0.1, 0.15) is 0 Å². The third-order valence-electron chi connectivity index (χ3n) is 7.27. The first-order valence-electron chi connectivity index (χ1n) is 12.5. The Morgan fingerprint density at radius 1 is 1.06 bits per heavy atom. The number of amides is 3. The highest BCUT2D eigenvalue weighted by Gasteiger charge is 2.35. The van der Waals surface area contributed by atoms with E-state index in [9.17, 15) is 14.4 Å². The first-order chi connectivity index (χ1) is 16.5. The van der Waals surface area contributed by atoms with Crippen LogP contribution < -0.4 is 5.32 Å². The average Bonchev–Trinajstić information content (AvgIpc) is 3.63. The van der Waals surface area contributed by atoms with E-state index in [4.69, 9.17) is 0 Å². The number of carbonyl (C=O) groups is 3. The molecule has 34 heavy (non-hydrogen) atoms. The van der Waals surface area contributed by atoms with E-state index >= 15 is 0 Å². The molecule has 0 spiro atoms. The van der Waals surface area contributed by atoms with E-state index in [0.717, 1.165) is 42.5 Å². The highest BCUT2D eigenvalue weighted by molar-refractivity contribution is 5.95. The molecule has 3 amide bonds. The minimum Gasteiger partial charge on any atom is -0.353 e. The molecule has 1 N–H and O–H groups in total. The molecule has 1 saturated carbocycles. The summed E-state index contributed by atoms with van der Waals surface area (Å²) in [5.41, 5.74) is 3.46. The maximum atomic E-state index is 13.5. The van der Waals surface area contributed by atoms with Gasteiger partial charge >= 0.3 is 0 Å². The average molecular weight is 464 g/mol. The molecule has 2 aromatic rings. The number of nitrogens with zero attached hydrogens (tertiary/aromatic N) is 4. The maximum absolute atomic E-state index is 13.5. The van der Waals surface area contributed by atoms with Gasteiger partial charge in [0.25, 0.3) is 5.91 Å². The lowest BCUT2D eigenvalue weighted by atomic mass is 9.96. The summed E-state index contributed by atoms with van der Waals surface area (Å²) >= 11 is 0. The molecule has 1 unspecified atom stereocenters. The van der Waals surface area contributed by atoms with Gasteiger partial charge in [0, 0.05) is 63.4 Å². The Morgan fingerprint density at radius 3 is 2.62 bits per heavy atom. The van der Waals surface area contributed by atoms with Crippen molar-refractivity contribution in [1.82, 2.24) is 24.9 Å². The van der Waals surface area contributed by atoms with E-state index in [1.165, 1.54) is 0 Å². The quantitative estimate of drug-likeness (QED) is 0.711. The number of piperidine rings is 1. The molecule has 2 fully saturated rings. The normalized spacial score (nSPS) is 20.1. The Morgan fingerprint density at radius 2 is 1.85 bits per heavy atom. The Hall–Kier alpha value is -3.16. The van der Waals surface area contributed by atoms with Crippen LogP contribution in [-0.4, -0.2) is 63.0 Å². The van der Waals surface area contributed by atoms with Gasteiger partial charge < -0.3 is 15.1 Å². The van der Waals surface area contributed by atoms with Crippen molar-refractivity contribution in [3.63, 3.8) is 0 Å². The maximum Gasteiger partial charge on any atom is 0.274 e. The van der Waals surface area contributed by atoms with Crippen molar-refractivity contribution < 1.29 is 14.4 Å². The molecule has 8 nitrogen and oxygen atoms in total. The molecule has 3 aliphatic rings. The van der Waals surface area contributed by atoms with Crippen LogP contribution in [0, 0.1) is 5.92 Å². The number of aromatic nitrogens is 2. The Labute approximate surface area is 200 Å². The van der Waals surface area contributed by atoms with E-state index in [-0.39, 0.29) is 23.6 Å². The molecule has 0 bridgehead atoms. The van der Waals surface area contributed by atoms with E-state index in [1.807, 2.05) is 42.3 Å². The van der Waals surface area contributed by atoms with Crippen LogP contribution >= 0.6 is 0 Å². The second-order valence-corrected chi connectivity index (χ2v) is 9.82. The topological polar surface area (TPSA) is 87.5 Å². The van der Waals surface area contributed by atoms with Gasteiger partial charge in [0.15, 0.2) is 5.69 Å². The van der Waals surface area contributed by atoms with Crippen molar-refractivity contribution in [2.45, 2.75) is 57.5 Å². The van der Waals surface area contributed by atoms with Crippen LogP contribution in [0.4, 0.5) is 0 Å². The predicted molar refractivity (Wildman–Crippen MR) is 127 cm³/mol. The summed E-state index contributed by atoms with van der Waals surface area (Å²) in [5.74, 6) is -0.113. The molecule has 3 heterocycles. The highest BCUT2D eigenvalue weighted by atomic mass is 16.2. The summed E-state index contributed by atoms with van der Waals surface area (Å²) < 4.78 is 1.79.